The Morgan fingerprint density at radius 1 is 1.25 bits per heavy atom. The highest BCUT2D eigenvalue weighted by atomic mass is 19.4. The normalized spacial score (nSPS) is 15.4. The molecule has 1 atom stereocenters. The molecular formula is C17H19F6N5O4. The van der Waals surface area contributed by atoms with E-state index in [0.717, 1.165) is 13.1 Å². The van der Waals surface area contributed by atoms with Gasteiger partial charge in [0.2, 0.25) is 5.91 Å². The minimum Gasteiger partial charge on any atom is -0.475 e. The Kier molecular flexibility index (Phi) is 7.56. The van der Waals surface area contributed by atoms with E-state index >= 15 is 0 Å². The summed E-state index contributed by atoms with van der Waals surface area (Å²) >= 11 is 0. The van der Waals surface area contributed by atoms with Crippen molar-refractivity contribution >= 4 is 28.6 Å². The van der Waals surface area contributed by atoms with E-state index in [2.05, 4.69) is 21.0 Å². The van der Waals surface area contributed by atoms with Crippen LogP contribution in [0.15, 0.2) is 18.2 Å². The molecule has 1 aromatic carbocycles. The number of aryl methyl sites for hydroxylation is 1. The van der Waals surface area contributed by atoms with Gasteiger partial charge in [-0.15, -0.1) is 0 Å². The number of hydrogen-bond donors (Lipinski definition) is 5. The first-order valence-corrected chi connectivity index (χ1v) is 8.95. The molecule has 178 valence electrons. The van der Waals surface area contributed by atoms with Gasteiger partial charge in [0.25, 0.3) is 0 Å². The molecule has 32 heavy (non-hydrogen) atoms. The van der Waals surface area contributed by atoms with Gasteiger partial charge in [-0.3, -0.25) is 9.48 Å². The second-order valence-corrected chi connectivity index (χ2v) is 6.77. The lowest BCUT2D eigenvalue weighted by Gasteiger charge is -2.27. The van der Waals surface area contributed by atoms with Crippen LogP contribution in [0.4, 0.5) is 32.2 Å². The van der Waals surface area contributed by atoms with E-state index in [1.807, 2.05) is 0 Å². The Morgan fingerprint density at radius 2 is 1.84 bits per heavy atom. The summed E-state index contributed by atoms with van der Waals surface area (Å²) in [5, 5.41) is 29.8. The molecule has 0 aliphatic carbocycles. The number of aromatic nitrogens is 2. The number of aliphatic hydroxyl groups is 1. The fourth-order valence-electron chi connectivity index (χ4n) is 2.61. The first kappa shape index (κ1) is 25.2. The van der Waals surface area contributed by atoms with Crippen molar-refractivity contribution in [3.05, 3.63) is 23.8 Å². The van der Waals surface area contributed by atoms with Crippen molar-refractivity contribution < 1.29 is 46.1 Å². The third-order valence-electron chi connectivity index (χ3n) is 4.31. The van der Waals surface area contributed by atoms with E-state index in [1.54, 1.807) is 7.05 Å². The highest BCUT2D eigenvalue weighted by molar-refractivity contribution is 5.92. The number of carboxylic acids is 1. The maximum absolute atomic E-state index is 12.7. The number of aliphatic hydroxyl groups excluding tert-OH is 1. The van der Waals surface area contributed by atoms with Crippen molar-refractivity contribution in [2.24, 2.45) is 7.05 Å². The lowest BCUT2D eigenvalue weighted by Crippen LogP contribution is -2.57. The molecule has 5 N–H and O–H groups in total. The highest BCUT2D eigenvalue weighted by Gasteiger charge is 2.39. The largest absolute Gasteiger partial charge is 0.490 e. The maximum Gasteiger partial charge on any atom is 0.490 e. The number of amides is 1. The third-order valence-corrected chi connectivity index (χ3v) is 4.31. The first-order chi connectivity index (χ1) is 14.7. The molecule has 0 saturated carbocycles. The number of rotatable bonds is 5. The van der Waals surface area contributed by atoms with Crippen LogP contribution < -0.4 is 16.0 Å². The predicted molar refractivity (Wildman–Crippen MR) is 98.7 cm³/mol. The maximum atomic E-state index is 12.7. The fraction of sp³-hybridized carbons (Fsp3) is 0.471. The van der Waals surface area contributed by atoms with Crippen LogP contribution >= 0.6 is 0 Å². The number of hydrogen-bond acceptors (Lipinski definition) is 6. The van der Waals surface area contributed by atoms with E-state index in [0.29, 0.717) is 10.9 Å². The number of anilines is 1. The lowest BCUT2D eigenvalue weighted by atomic mass is 10.1. The number of aliphatic carboxylic acids is 1. The summed E-state index contributed by atoms with van der Waals surface area (Å²) in [5.74, 6) is -2.69. The monoisotopic (exact) mass is 471 g/mol. The summed E-state index contributed by atoms with van der Waals surface area (Å²) in [5.41, 5.74) is 0.310. The van der Waals surface area contributed by atoms with Crippen LogP contribution in [0.5, 0.6) is 0 Å². The van der Waals surface area contributed by atoms with Crippen LogP contribution in [0.1, 0.15) is 11.7 Å². The molecule has 0 spiro atoms. The number of halogens is 6. The molecular weight excluding hydrogens is 452 g/mol. The summed E-state index contributed by atoms with van der Waals surface area (Å²) in [6.07, 6.45) is -12.4. The minimum absolute atomic E-state index is 0.0470. The molecule has 0 bridgehead atoms. The molecule has 1 fully saturated rings. The molecule has 3 rings (SSSR count). The van der Waals surface area contributed by atoms with Crippen molar-refractivity contribution in [2.45, 2.75) is 24.5 Å². The third kappa shape index (κ3) is 6.46. The van der Waals surface area contributed by atoms with Gasteiger partial charge in [0, 0.05) is 25.5 Å². The molecule has 1 aliphatic rings. The van der Waals surface area contributed by atoms with E-state index in [1.165, 1.54) is 22.9 Å². The van der Waals surface area contributed by atoms with Crippen molar-refractivity contribution in [3.8, 4) is 0 Å². The van der Waals surface area contributed by atoms with Gasteiger partial charge in [-0.2, -0.15) is 31.4 Å². The Bertz CT molecular complexity index is 971. The van der Waals surface area contributed by atoms with Crippen LogP contribution in [0.3, 0.4) is 0 Å². The molecule has 1 unspecified atom stereocenters. The first-order valence-electron chi connectivity index (χ1n) is 8.95. The van der Waals surface area contributed by atoms with Gasteiger partial charge in [0.05, 0.1) is 18.1 Å². The van der Waals surface area contributed by atoms with Gasteiger partial charge >= 0.3 is 18.3 Å². The van der Waals surface area contributed by atoms with Crippen molar-refractivity contribution in [1.29, 1.82) is 0 Å². The average Bonchev–Trinajstić information content (AvgIpc) is 2.96. The Hall–Kier alpha value is -3.07. The molecule has 2 aromatic rings. The zero-order valence-electron chi connectivity index (χ0n) is 16.4. The molecule has 0 radical (unpaired) electrons. The van der Waals surface area contributed by atoms with Gasteiger partial charge in [0.1, 0.15) is 0 Å². The Labute approximate surface area is 176 Å². The molecule has 2 heterocycles. The average molecular weight is 471 g/mol. The van der Waals surface area contributed by atoms with E-state index in [4.69, 9.17) is 9.90 Å². The Morgan fingerprint density at radius 3 is 2.31 bits per heavy atom. The van der Waals surface area contributed by atoms with Crippen LogP contribution in [-0.2, 0) is 16.6 Å². The van der Waals surface area contributed by atoms with Gasteiger partial charge in [-0.1, -0.05) is 6.07 Å². The number of carboxylic acid groups (broad SMARTS) is 1. The van der Waals surface area contributed by atoms with E-state index in [-0.39, 0.29) is 29.9 Å². The predicted octanol–water partition coefficient (Wildman–Crippen LogP) is 1.30. The quantitative estimate of drug-likeness (QED) is 0.416. The second kappa shape index (κ2) is 9.60. The van der Waals surface area contributed by atoms with Gasteiger partial charge < -0.3 is 26.2 Å². The molecule has 1 amide bonds. The van der Waals surface area contributed by atoms with Crippen LogP contribution in [0.25, 0.3) is 10.9 Å². The number of carbonyl (C=O) groups excluding carboxylic acids is 1. The van der Waals surface area contributed by atoms with Gasteiger partial charge in [-0.05, 0) is 17.7 Å². The Balaban J connectivity index is 0.000000451. The smallest absolute Gasteiger partial charge is 0.475 e. The van der Waals surface area contributed by atoms with Gasteiger partial charge in [0.15, 0.2) is 11.9 Å². The van der Waals surface area contributed by atoms with Gasteiger partial charge in [-0.25, -0.2) is 4.79 Å². The molecule has 9 nitrogen and oxygen atoms in total. The number of nitrogens with one attached hydrogen (secondary N) is 3. The molecule has 1 aliphatic heterocycles. The SMILES string of the molecule is Cn1nc(NCC(=O)NC2CNC2)c2cc(C(O)C(F)(F)F)ccc21.O=C(O)C(F)(F)F. The lowest BCUT2D eigenvalue weighted by molar-refractivity contribution is -0.206. The number of fused-ring (bicyclic) bond motifs is 1. The summed E-state index contributed by atoms with van der Waals surface area (Å²) in [6, 6.07) is 4.00. The van der Waals surface area contributed by atoms with Crippen molar-refractivity contribution in [1.82, 2.24) is 20.4 Å². The highest BCUT2D eigenvalue weighted by Crippen LogP contribution is 2.34. The number of benzene rings is 1. The second-order valence-electron chi connectivity index (χ2n) is 6.77. The molecule has 1 aromatic heterocycles. The number of alkyl halides is 6. The zero-order valence-corrected chi connectivity index (χ0v) is 16.4. The van der Waals surface area contributed by atoms with Crippen LogP contribution in [-0.4, -0.2) is 69.9 Å². The molecule has 1 saturated heterocycles. The van der Waals surface area contributed by atoms with Crippen LogP contribution in [0.2, 0.25) is 0 Å². The zero-order chi connectivity index (χ0) is 24.3. The topological polar surface area (TPSA) is 129 Å². The summed E-state index contributed by atoms with van der Waals surface area (Å²) < 4.78 is 71.4. The minimum atomic E-state index is -5.08. The standard InChI is InChI=1S/C15H18F3N5O2.C2HF3O2/c1-23-11-3-2-8(13(25)15(16,17)18)4-10(11)14(22-23)20-7-12(24)21-9-5-19-6-9;3-2(4,5)1(6)7/h2-4,9,13,19,25H,5-7H2,1H3,(H,20,22)(H,21,24);(H,6,7). The molecule has 15 heteroatoms. The fourth-order valence-corrected chi connectivity index (χ4v) is 2.61. The van der Waals surface area contributed by atoms with Crippen LogP contribution in [0, 0.1) is 0 Å². The summed E-state index contributed by atoms with van der Waals surface area (Å²) in [6.45, 7) is 1.39. The van der Waals surface area contributed by atoms with E-state index in [9.17, 15) is 36.2 Å². The number of carbonyl (C=O) groups is 2. The van der Waals surface area contributed by atoms with Crippen molar-refractivity contribution in [2.75, 3.05) is 25.0 Å². The summed E-state index contributed by atoms with van der Waals surface area (Å²) in [7, 11) is 1.65. The van der Waals surface area contributed by atoms with E-state index < -0.39 is 24.4 Å². The summed E-state index contributed by atoms with van der Waals surface area (Å²) in [4.78, 5) is 20.7. The van der Waals surface area contributed by atoms with Crippen molar-refractivity contribution in [3.63, 3.8) is 0 Å². The number of nitrogens with zero attached hydrogens (tertiary/aromatic N) is 2.